The van der Waals surface area contributed by atoms with Crippen molar-refractivity contribution in [1.82, 2.24) is 10.6 Å². The number of hydrogen-bond acceptors (Lipinski definition) is 4. The Morgan fingerprint density at radius 1 is 1.21 bits per heavy atom. The zero-order chi connectivity index (χ0) is 16.9. The van der Waals surface area contributed by atoms with Gasteiger partial charge in [0.15, 0.2) is 5.96 Å². The molecular weight excluding hydrogens is 423 g/mol. The van der Waals surface area contributed by atoms with Gasteiger partial charge in [-0.1, -0.05) is 25.5 Å². The number of nitro benzene ring substituents is 1. The molecular formula is C16H27IN4O3. The average molecular weight is 450 g/mol. The third-order valence-electron chi connectivity index (χ3n) is 3.23. The number of hydrogen-bond donors (Lipinski definition) is 2. The van der Waals surface area contributed by atoms with Gasteiger partial charge >= 0.3 is 0 Å². The number of nitrogens with zero attached hydrogens (tertiary/aromatic N) is 2. The van der Waals surface area contributed by atoms with Crippen molar-refractivity contribution in [2.45, 2.75) is 32.7 Å². The maximum atomic E-state index is 10.6. The topological polar surface area (TPSA) is 88.8 Å². The van der Waals surface area contributed by atoms with E-state index in [-0.39, 0.29) is 29.7 Å². The number of benzene rings is 1. The third kappa shape index (κ3) is 9.66. The fraction of sp³-hybridized carbons (Fsp3) is 0.562. The smallest absolute Gasteiger partial charge is 0.269 e. The van der Waals surface area contributed by atoms with Crippen molar-refractivity contribution in [1.29, 1.82) is 0 Å². The first-order valence-electron chi connectivity index (χ1n) is 7.93. The molecule has 0 aliphatic rings. The summed E-state index contributed by atoms with van der Waals surface area (Å²) in [6.45, 7) is 5.05. The van der Waals surface area contributed by atoms with Crippen LogP contribution in [0, 0.1) is 10.1 Å². The maximum absolute atomic E-state index is 10.6. The Bertz CT molecular complexity index is 495. The predicted octanol–water partition coefficient (Wildman–Crippen LogP) is 3.08. The molecule has 0 amide bonds. The minimum Gasteiger partial charge on any atom is -0.381 e. The number of nitro groups is 1. The van der Waals surface area contributed by atoms with Gasteiger partial charge in [-0.2, -0.15) is 0 Å². The number of halogens is 1. The molecule has 0 aliphatic carbocycles. The van der Waals surface area contributed by atoms with Crippen LogP contribution < -0.4 is 10.6 Å². The Hall–Kier alpha value is -1.42. The average Bonchev–Trinajstić information content (AvgIpc) is 2.57. The van der Waals surface area contributed by atoms with Crippen LogP contribution in [0.3, 0.4) is 0 Å². The molecule has 0 aromatic heterocycles. The van der Waals surface area contributed by atoms with Gasteiger partial charge in [-0.15, -0.1) is 24.0 Å². The van der Waals surface area contributed by atoms with Gasteiger partial charge in [0.05, 0.1) is 4.92 Å². The lowest BCUT2D eigenvalue weighted by Gasteiger charge is -2.12. The van der Waals surface area contributed by atoms with Crippen LogP contribution in [0.15, 0.2) is 29.3 Å². The van der Waals surface area contributed by atoms with Gasteiger partial charge in [0.2, 0.25) is 0 Å². The normalized spacial score (nSPS) is 10.8. The Kier molecular flexibility index (Phi) is 13.1. The van der Waals surface area contributed by atoms with Gasteiger partial charge in [-0.25, -0.2) is 0 Å². The lowest BCUT2D eigenvalue weighted by molar-refractivity contribution is -0.384. The summed E-state index contributed by atoms with van der Waals surface area (Å²) in [5.74, 6) is 0.705. The van der Waals surface area contributed by atoms with Crippen molar-refractivity contribution < 1.29 is 9.66 Å². The minimum absolute atomic E-state index is 0. The molecule has 2 N–H and O–H groups in total. The Morgan fingerprint density at radius 3 is 2.46 bits per heavy atom. The molecule has 1 rings (SSSR count). The summed E-state index contributed by atoms with van der Waals surface area (Å²) in [5.41, 5.74) is 1.06. The van der Waals surface area contributed by atoms with Crippen LogP contribution in [0.1, 0.15) is 31.7 Å². The van der Waals surface area contributed by atoms with Gasteiger partial charge in [-0.05, 0) is 18.4 Å². The molecule has 1 aromatic rings. The molecule has 8 heteroatoms. The summed E-state index contributed by atoms with van der Waals surface area (Å²) < 4.78 is 5.49. The fourth-order valence-corrected chi connectivity index (χ4v) is 1.87. The van der Waals surface area contributed by atoms with Crippen molar-refractivity contribution in [3.05, 3.63) is 39.9 Å². The Morgan fingerprint density at radius 2 is 1.88 bits per heavy atom. The molecule has 0 heterocycles. The SMILES string of the molecule is CCCCOCCCNC(=NC)NCc1ccc([N+](=O)[O-])cc1.I. The number of rotatable bonds is 10. The molecule has 136 valence electrons. The lowest BCUT2D eigenvalue weighted by Crippen LogP contribution is -2.37. The number of aliphatic imine (C=N–C) groups is 1. The fourth-order valence-electron chi connectivity index (χ4n) is 1.87. The Labute approximate surface area is 160 Å². The highest BCUT2D eigenvalue weighted by molar-refractivity contribution is 14.0. The summed E-state index contributed by atoms with van der Waals surface area (Å²) in [6.07, 6.45) is 3.17. The molecule has 0 unspecified atom stereocenters. The van der Waals surface area contributed by atoms with Crippen molar-refractivity contribution in [2.75, 3.05) is 26.8 Å². The van der Waals surface area contributed by atoms with Crippen molar-refractivity contribution in [3.8, 4) is 0 Å². The first-order valence-corrected chi connectivity index (χ1v) is 7.93. The monoisotopic (exact) mass is 450 g/mol. The van der Waals surface area contributed by atoms with E-state index in [4.69, 9.17) is 4.74 Å². The van der Waals surface area contributed by atoms with Crippen LogP contribution in [0.5, 0.6) is 0 Å². The van der Waals surface area contributed by atoms with Crippen LogP contribution in [-0.2, 0) is 11.3 Å². The van der Waals surface area contributed by atoms with E-state index in [1.807, 2.05) is 0 Å². The van der Waals surface area contributed by atoms with E-state index >= 15 is 0 Å². The lowest BCUT2D eigenvalue weighted by atomic mass is 10.2. The second kappa shape index (κ2) is 14.0. The van der Waals surface area contributed by atoms with Crippen LogP contribution in [0.4, 0.5) is 5.69 Å². The van der Waals surface area contributed by atoms with E-state index in [1.54, 1.807) is 19.2 Å². The summed E-state index contributed by atoms with van der Waals surface area (Å²) in [5, 5.41) is 17.0. The molecule has 7 nitrogen and oxygen atoms in total. The number of ether oxygens (including phenoxy) is 1. The molecule has 0 bridgehead atoms. The van der Waals surface area contributed by atoms with Gasteiger partial charge in [0, 0.05) is 45.5 Å². The summed E-state index contributed by atoms with van der Waals surface area (Å²) in [7, 11) is 1.71. The standard InChI is InChI=1S/C16H26N4O3.HI/c1-3-4-11-23-12-5-10-18-16(17-2)19-13-14-6-8-15(9-7-14)20(21)22;/h6-9H,3-5,10-13H2,1-2H3,(H2,17,18,19);1H. The van der Waals surface area contributed by atoms with Crippen molar-refractivity contribution >= 4 is 35.6 Å². The van der Waals surface area contributed by atoms with E-state index in [2.05, 4.69) is 22.5 Å². The van der Waals surface area contributed by atoms with E-state index in [0.717, 1.165) is 44.6 Å². The number of unbranched alkanes of at least 4 members (excludes halogenated alkanes) is 1. The van der Waals surface area contributed by atoms with Crippen molar-refractivity contribution in [2.24, 2.45) is 4.99 Å². The summed E-state index contributed by atoms with van der Waals surface area (Å²) in [4.78, 5) is 14.3. The van der Waals surface area contributed by atoms with Gasteiger partial charge in [0.1, 0.15) is 0 Å². The zero-order valence-corrected chi connectivity index (χ0v) is 16.6. The van der Waals surface area contributed by atoms with Crippen LogP contribution in [0.2, 0.25) is 0 Å². The van der Waals surface area contributed by atoms with Crippen LogP contribution in [-0.4, -0.2) is 37.7 Å². The van der Waals surface area contributed by atoms with Gasteiger partial charge in [0.25, 0.3) is 5.69 Å². The second-order valence-electron chi connectivity index (χ2n) is 5.10. The second-order valence-corrected chi connectivity index (χ2v) is 5.10. The zero-order valence-electron chi connectivity index (χ0n) is 14.3. The molecule has 24 heavy (non-hydrogen) atoms. The van der Waals surface area contributed by atoms with E-state index in [1.165, 1.54) is 12.1 Å². The molecule has 0 fully saturated rings. The number of non-ortho nitro benzene ring substituents is 1. The van der Waals surface area contributed by atoms with Crippen molar-refractivity contribution in [3.63, 3.8) is 0 Å². The summed E-state index contributed by atoms with van der Waals surface area (Å²) >= 11 is 0. The number of guanidine groups is 1. The highest BCUT2D eigenvalue weighted by atomic mass is 127. The highest BCUT2D eigenvalue weighted by Crippen LogP contribution is 2.11. The maximum Gasteiger partial charge on any atom is 0.269 e. The first-order chi connectivity index (χ1) is 11.2. The minimum atomic E-state index is -0.403. The molecule has 1 aromatic carbocycles. The number of nitrogens with one attached hydrogen (secondary N) is 2. The molecule has 0 aliphatic heterocycles. The molecule has 0 saturated carbocycles. The molecule has 0 radical (unpaired) electrons. The molecule has 0 spiro atoms. The Balaban J connectivity index is 0.00000529. The third-order valence-corrected chi connectivity index (χ3v) is 3.23. The van der Waals surface area contributed by atoms with E-state index < -0.39 is 4.92 Å². The molecule has 0 atom stereocenters. The van der Waals surface area contributed by atoms with Crippen LogP contribution >= 0.6 is 24.0 Å². The molecule has 0 saturated heterocycles. The first kappa shape index (κ1) is 22.6. The summed E-state index contributed by atoms with van der Waals surface area (Å²) in [6, 6.07) is 6.47. The van der Waals surface area contributed by atoms with Gasteiger partial charge < -0.3 is 15.4 Å². The van der Waals surface area contributed by atoms with E-state index in [0.29, 0.717) is 12.5 Å². The van der Waals surface area contributed by atoms with E-state index in [9.17, 15) is 10.1 Å². The largest absolute Gasteiger partial charge is 0.381 e. The van der Waals surface area contributed by atoms with Crippen LogP contribution in [0.25, 0.3) is 0 Å². The highest BCUT2D eigenvalue weighted by Gasteiger charge is 2.04. The predicted molar refractivity (Wildman–Crippen MR) is 107 cm³/mol. The quantitative estimate of drug-likeness (QED) is 0.143. The van der Waals surface area contributed by atoms with Gasteiger partial charge in [-0.3, -0.25) is 15.1 Å².